The first-order valence-electron chi connectivity index (χ1n) is 7.21. The fourth-order valence-corrected chi connectivity index (χ4v) is 3.99. The number of ether oxygens (including phenoxy) is 2. The highest BCUT2D eigenvalue weighted by Gasteiger charge is 2.54. The van der Waals surface area contributed by atoms with Crippen LogP contribution in [-0.2, 0) is 28.9 Å². The summed E-state index contributed by atoms with van der Waals surface area (Å²) in [5.74, 6) is -1.83. The fraction of sp³-hybridized carbons (Fsp3) is 0.857. The van der Waals surface area contributed by atoms with Gasteiger partial charge in [-0.05, 0) is 25.2 Å². The zero-order valence-corrected chi connectivity index (χ0v) is 13.7. The van der Waals surface area contributed by atoms with E-state index in [0.29, 0.717) is 12.8 Å². The van der Waals surface area contributed by atoms with Crippen molar-refractivity contribution in [3.05, 3.63) is 0 Å². The van der Waals surface area contributed by atoms with Crippen molar-refractivity contribution in [2.24, 2.45) is 11.3 Å². The number of carbonyl (C=O) groups is 2. The van der Waals surface area contributed by atoms with E-state index in [1.54, 1.807) is 6.92 Å². The van der Waals surface area contributed by atoms with Crippen LogP contribution in [0, 0.1) is 11.3 Å². The largest absolute Gasteiger partial charge is 0.468 e. The molecular formula is C14H24O6S. The van der Waals surface area contributed by atoms with E-state index in [1.165, 1.54) is 14.2 Å². The predicted molar refractivity (Wildman–Crippen MR) is 77.4 cm³/mol. The normalized spacial score (nSPS) is 16.7. The molecular weight excluding hydrogens is 296 g/mol. The molecule has 0 atom stereocenters. The van der Waals surface area contributed by atoms with E-state index < -0.39 is 27.2 Å². The van der Waals surface area contributed by atoms with Crippen molar-refractivity contribution in [1.82, 2.24) is 0 Å². The molecule has 1 aliphatic carbocycles. The Bertz CT molecular complexity index is 460. The highest BCUT2D eigenvalue weighted by molar-refractivity contribution is 7.91. The SMILES string of the molecule is CCS(=O)(=O)CCC(C(=O)OC)(C(=O)OC)C1CCCC1. The minimum absolute atomic E-state index is 0.0178. The van der Waals surface area contributed by atoms with Crippen LogP contribution in [0.3, 0.4) is 0 Å². The van der Waals surface area contributed by atoms with Gasteiger partial charge in [-0.3, -0.25) is 9.59 Å². The second-order valence-corrected chi connectivity index (χ2v) is 7.90. The molecule has 0 unspecified atom stereocenters. The molecule has 0 saturated heterocycles. The second-order valence-electron chi connectivity index (χ2n) is 5.42. The molecule has 0 amide bonds. The van der Waals surface area contributed by atoms with E-state index in [1.807, 2.05) is 0 Å². The Hall–Kier alpha value is -1.11. The molecule has 7 heteroatoms. The number of sulfone groups is 1. The lowest BCUT2D eigenvalue weighted by molar-refractivity contribution is -0.174. The van der Waals surface area contributed by atoms with Crippen molar-refractivity contribution in [2.45, 2.75) is 39.0 Å². The van der Waals surface area contributed by atoms with Gasteiger partial charge in [0, 0.05) is 5.75 Å². The number of methoxy groups -OCH3 is 2. The second kappa shape index (κ2) is 7.24. The summed E-state index contributed by atoms with van der Waals surface area (Å²) in [5.41, 5.74) is -1.50. The van der Waals surface area contributed by atoms with Gasteiger partial charge in [0.25, 0.3) is 0 Å². The maximum absolute atomic E-state index is 12.3. The minimum atomic E-state index is -3.28. The van der Waals surface area contributed by atoms with E-state index in [9.17, 15) is 18.0 Å². The van der Waals surface area contributed by atoms with Gasteiger partial charge in [-0.1, -0.05) is 19.8 Å². The molecule has 1 rings (SSSR count). The van der Waals surface area contributed by atoms with Crippen molar-refractivity contribution in [1.29, 1.82) is 0 Å². The molecule has 1 aliphatic rings. The number of rotatable bonds is 7. The molecule has 6 nitrogen and oxygen atoms in total. The van der Waals surface area contributed by atoms with Crippen molar-refractivity contribution in [3.63, 3.8) is 0 Å². The molecule has 1 fully saturated rings. The van der Waals surface area contributed by atoms with Crippen molar-refractivity contribution < 1.29 is 27.5 Å². The van der Waals surface area contributed by atoms with Crippen molar-refractivity contribution in [2.75, 3.05) is 25.7 Å². The monoisotopic (exact) mass is 320 g/mol. The van der Waals surface area contributed by atoms with Gasteiger partial charge in [0.1, 0.15) is 9.84 Å². The van der Waals surface area contributed by atoms with Crippen LogP contribution in [-0.4, -0.2) is 46.1 Å². The summed E-state index contributed by atoms with van der Waals surface area (Å²) >= 11 is 0. The van der Waals surface area contributed by atoms with Crippen molar-refractivity contribution >= 4 is 21.8 Å². The highest BCUT2D eigenvalue weighted by Crippen LogP contribution is 2.44. The standard InChI is InChI=1S/C14H24O6S/c1-4-21(17,18)10-9-14(12(15)19-2,13(16)20-3)11-7-5-6-8-11/h11H,4-10H2,1-3H3. The summed E-state index contributed by atoms with van der Waals surface area (Å²) in [7, 11) is -0.858. The Kier molecular flexibility index (Phi) is 6.19. The average Bonchev–Trinajstić information content (AvgIpc) is 3.01. The topological polar surface area (TPSA) is 86.7 Å². The lowest BCUT2D eigenvalue weighted by Crippen LogP contribution is -2.47. The number of hydrogen-bond acceptors (Lipinski definition) is 6. The van der Waals surface area contributed by atoms with E-state index in [0.717, 1.165) is 12.8 Å². The molecule has 0 N–H and O–H groups in total. The van der Waals surface area contributed by atoms with Crippen LogP contribution < -0.4 is 0 Å². The van der Waals surface area contributed by atoms with Gasteiger partial charge in [-0.15, -0.1) is 0 Å². The van der Waals surface area contributed by atoms with Crippen LogP contribution in [0.5, 0.6) is 0 Å². The van der Waals surface area contributed by atoms with Crippen LogP contribution in [0.4, 0.5) is 0 Å². The maximum atomic E-state index is 12.3. The van der Waals surface area contributed by atoms with E-state index in [4.69, 9.17) is 9.47 Å². The first-order valence-corrected chi connectivity index (χ1v) is 9.03. The Balaban J connectivity index is 3.16. The van der Waals surface area contributed by atoms with Crippen LogP contribution >= 0.6 is 0 Å². The Morgan fingerprint density at radius 2 is 1.57 bits per heavy atom. The molecule has 1 saturated carbocycles. The third-order valence-electron chi connectivity index (χ3n) is 4.40. The third kappa shape index (κ3) is 3.75. The molecule has 0 aromatic carbocycles. The number of esters is 2. The molecule has 0 bridgehead atoms. The lowest BCUT2D eigenvalue weighted by atomic mass is 9.72. The summed E-state index contributed by atoms with van der Waals surface area (Å²) in [4.78, 5) is 24.6. The summed E-state index contributed by atoms with van der Waals surface area (Å²) in [6.45, 7) is 1.54. The lowest BCUT2D eigenvalue weighted by Gasteiger charge is -2.33. The highest BCUT2D eigenvalue weighted by atomic mass is 32.2. The fourth-order valence-electron chi connectivity index (χ4n) is 3.07. The first kappa shape index (κ1) is 17.9. The van der Waals surface area contributed by atoms with Gasteiger partial charge in [-0.2, -0.15) is 0 Å². The minimum Gasteiger partial charge on any atom is -0.468 e. The number of hydrogen-bond donors (Lipinski definition) is 0. The van der Waals surface area contributed by atoms with Crippen LogP contribution in [0.25, 0.3) is 0 Å². The molecule has 0 spiro atoms. The smallest absolute Gasteiger partial charge is 0.323 e. The number of carbonyl (C=O) groups excluding carboxylic acids is 2. The molecule has 0 radical (unpaired) electrons. The van der Waals surface area contributed by atoms with Gasteiger partial charge in [0.05, 0.1) is 20.0 Å². The van der Waals surface area contributed by atoms with Gasteiger partial charge < -0.3 is 9.47 Å². The molecule has 21 heavy (non-hydrogen) atoms. The van der Waals surface area contributed by atoms with Crippen molar-refractivity contribution in [3.8, 4) is 0 Å². The zero-order chi connectivity index (χ0) is 16.1. The van der Waals surface area contributed by atoms with Gasteiger partial charge >= 0.3 is 11.9 Å². The summed E-state index contributed by atoms with van der Waals surface area (Å²) < 4.78 is 33.2. The summed E-state index contributed by atoms with van der Waals surface area (Å²) in [5, 5.41) is 0. The van der Waals surface area contributed by atoms with Gasteiger partial charge in [-0.25, -0.2) is 8.42 Å². The Morgan fingerprint density at radius 1 is 1.10 bits per heavy atom. The van der Waals surface area contributed by atoms with E-state index in [2.05, 4.69) is 0 Å². The van der Waals surface area contributed by atoms with E-state index >= 15 is 0 Å². The summed E-state index contributed by atoms with van der Waals surface area (Å²) in [6.07, 6.45) is 3.17. The van der Waals surface area contributed by atoms with Gasteiger partial charge in [0.2, 0.25) is 0 Å². The Labute approximate surface area is 126 Å². The van der Waals surface area contributed by atoms with Gasteiger partial charge in [0.15, 0.2) is 5.41 Å². The molecule has 0 aromatic heterocycles. The quantitative estimate of drug-likeness (QED) is 0.519. The van der Waals surface area contributed by atoms with E-state index in [-0.39, 0.29) is 23.8 Å². The maximum Gasteiger partial charge on any atom is 0.323 e. The zero-order valence-electron chi connectivity index (χ0n) is 12.9. The predicted octanol–water partition coefficient (Wildman–Crippen LogP) is 1.33. The van der Waals surface area contributed by atoms with Crippen LogP contribution in [0.2, 0.25) is 0 Å². The van der Waals surface area contributed by atoms with Crippen LogP contribution in [0.15, 0.2) is 0 Å². The molecule has 0 heterocycles. The van der Waals surface area contributed by atoms with Crippen LogP contribution in [0.1, 0.15) is 39.0 Å². The molecule has 0 aromatic rings. The third-order valence-corrected chi connectivity index (χ3v) is 6.10. The average molecular weight is 320 g/mol. The first-order chi connectivity index (χ1) is 9.84. The molecule has 122 valence electrons. The summed E-state index contributed by atoms with van der Waals surface area (Å²) in [6, 6.07) is 0. The molecule has 0 aliphatic heterocycles. The Morgan fingerprint density at radius 3 is 1.95 bits per heavy atom.